The quantitative estimate of drug-likeness (QED) is 0.765. The molecule has 2 aliphatic heterocycles. The number of rotatable bonds is 5. The van der Waals surface area contributed by atoms with Gasteiger partial charge in [-0.3, -0.25) is 14.4 Å². The van der Waals surface area contributed by atoms with Gasteiger partial charge in [-0.25, -0.2) is 4.90 Å². The van der Waals surface area contributed by atoms with Crippen LogP contribution >= 0.6 is 0 Å². The molecule has 134 valence electrons. The first-order valence-corrected chi connectivity index (χ1v) is 8.85. The molecule has 0 radical (unpaired) electrons. The molecule has 6 nitrogen and oxygen atoms in total. The average molecular weight is 344 g/mol. The molecule has 0 aliphatic carbocycles. The number of nitrogens with zero attached hydrogens (tertiary/aromatic N) is 2. The van der Waals surface area contributed by atoms with Crippen LogP contribution in [0, 0.1) is 0 Å². The zero-order valence-corrected chi connectivity index (χ0v) is 14.7. The summed E-state index contributed by atoms with van der Waals surface area (Å²) < 4.78 is 5.59. The summed E-state index contributed by atoms with van der Waals surface area (Å²) in [6.45, 7) is 4.53. The molecule has 1 aromatic rings. The topological polar surface area (TPSA) is 66.9 Å². The van der Waals surface area contributed by atoms with E-state index in [2.05, 4.69) is 0 Å². The van der Waals surface area contributed by atoms with Crippen molar-refractivity contribution in [1.82, 2.24) is 4.90 Å². The van der Waals surface area contributed by atoms with Gasteiger partial charge in [0, 0.05) is 20.1 Å². The Morgan fingerprint density at radius 1 is 1.28 bits per heavy atom. The Morgan fingerprint density at radius 2 is 2.00 bits per heavy atom. The maximum atomic E-state index is 12.9. The standard InChI is InChI=1S/C19H24N2O4/c1-3-14-6-8-15(9-7-14)21-18(23)11-17(19(21)24)20(13(2)22)12-16-5-4-10-25-16/h6-9,16-17H,3-5,10-12H2,1-2H3/t16-,17-/m1/s1. The number of amides is 3. The van der Waals surface area contributed by atoms with Crippen molar-refractivity contribution in [3.05, 3.63) is 29.8 Å². The summed E-state index contributed by atoms with van der Waals surface area (Å²) >= 11 is 0. The highest BCUT2D eigenvalue weighted by molar-refractivity contribution is 6.22. The number of hydrogen-bond donors (Lipinski definition) is 0. The normalized spacial score (nSPS) is 23.4. The van der Waals surface area contributed by atoms with Gasteiger partial charge < -0.3 is 9.64 Å². The van der Waals surface area contributed by atoms with Crippen LogP contribution < -0.4 is 4.90 Å². The fourth-order valence-electron chi connectivity index (χ4n) is 3.49. The molecule has 25 heavy (non-hydrogen) atoms. The van der Waals surface area contributed by atoms with E-state index in [9.17, 15) is 14.4 Å². The van der Waals surface area contributed by atoms with E-state index < -0.39 is 6.04 Å². The van der Waals surface area contributed by atoms with Crippen LogP contribution in [0.3, 0.4) is 0 Å². The van der Waals surface area contributed by atoms with E-state index >= 15 is 0 Å². The third-order valence-electron chi connectivity index (χ3n) is 4.93. The van der Waals surface area contributed by atoms with Crippen LogP contribution in [0.5, 0.6) is 0 Å². The highest BCUT2D eigenvalue weighted by Crippen LogP contribution is 2.27. The number of carbonyl (C=O) groups excluding carboxylic acids is 3. The second kappa shape index (κ2) is 7.35. The van der Waals surface area contributed by atoms with E-state index in [4.69, 9.17) is 4.74 Å². The molecule has 0 saturated carbocycles. The summed E-state index contributed by atoms with van der Waals surface area (Å²) in [6.07, 6.45) is 2.71. The number of imide groups is 1. The van der Waals surface area contributed by atoms with Gasteiger partial charge in [-0.2, -0.15) is 0 Å². The lowest BCUT2D eigenvalue weighted by Crippen LogP contribution is -2.47. The minimum absolute atomic E-state index is 0.0284. The Bertz CT molecular complexity index is 665. The SMILES string of the molecule is CCc1ccc(N2C(=O)C[C@@H](N(C[C@H]3CCCO3)C(C)=O)C2=O)cc1. The predicted molar refractivity (Wildman–Crippen MR) is 93.1 cm³/mol. The highest BCUT2D eigenvalue weighted by atomic mass is 16.5. The fourth-order valence-corrected chi connectivity index (χ4v) is 3.49. The molecule has 0 bridgehead atoms. The number of carbonyl (C=O) groups is 3. The average Bonchev–Trinajstić information content (AvgIpc) is 3.20. The van der Waals surface area contributed by atoms with Crippen molar-refractivity contribution in [2.45, 2.75) is 51.7 Å². The van der Waals surface area contributed by atoms with E-state index in [0.29, 0.717) is 18.8 Å². The van der Waals surface area contributed by atoms with Crippen molar-refractivity contribution in [2.24, 2.45) is 0 Å². The fraction of sp³-hybridized carbons (Fsp3) is 0.526. The van der Waals surface area contributed by atoms with E-state index in [1.54, 1.807) is 12.1 Å². The number of anilines is 1. The summed E-state index contributed by atoms with van der Waals surface area (Å²) in [5, 5.41) is 0. The van der Waals surface area contributed by atoms with Crippen molar-refractivity contribution in [3.8, 4) is 0 Å². The zero-order valence-electron chi connectivity index (χ0n) is 14.7. The van der Waals surface area contributed by atoms with Gasteiger partial charge in [-0.05, 0) is 37.0 Å². The smallest absolute Gasteiger partial charge is 0.257 e. The lowest BCUT2D eigenvalue weighted by atomic mass is 10.1. The number of benzene rings is 1. The molecule has 2 saturated heterocycles. The summed E-state index contributed by atoms with van der Waals surface area (Å²) in [5.41, 5.74) is 1.71. The predicted octanol–water partition coefficient (Wildman–Crippen LogP) is 1.91. The van der Waals surface area contributed by atoms with E-state index in [-0.39, 0.29) is 30.2 Å². The molecule has 2 fully saturated rings. The molecule has 3 rings (SSSR count). The van der Waals surface area contributed by atoms with Gasteiger partial charge in [0.05, 0.1) is 18.2 Å². The number of aryl methyl sites for hydroxylation is 1. The maximum absolute atomic E-state index is 12.9. The minimum Gasteiger partial charge on any atom is -0.376 e. The first kappa shape index (κ1) is 17.6. The van der Waals surface area contributed by atoms with Gasteiger partial charge in [-0.1, -0.05) is 19.1 Å². The van der Waals surface area contributed by atoms with Crippen molar-refractivity contribution in [3.63, 3.8) is 0 Å². The Hall–Kier alpha value is -2.21. The van der Waals surface area contributed by atoms with Crippen LogP contribution in [0.2, 0.25) is 0 Å². The van der Waals surface area contributed by atoms with Gasteiger partial charge >= 0.3 is 0 Å². The summed E-state index contributed by atoms with van der Waals surface area (Å²) in [5.74, 6) is -0.801. The third-order valence-corrected chi connectivity index (χ3v) is 4.93. The summed E-state index contributed by atoms with van der Waals surface area (Å²) in [7, 11) is 0. The van der Waals surface area contributed by atoms with Crippen LogP contribution in [0.4, 0.5) is 5.69 Å². The van der Waals surface area contributed by atoms with Gasteiger partial charge in [0.1, 0.15) is 6.04 Å². The molecule has 0 aromatic heterocycles. The van der Waals surface area contributed by atoms with Crippen molar-refractivity contribution >= 4 is 23.4 Å². The maximum Gasteiger partial charge on any atom is 0.257 e. The summed E-state index contributed by atoms with van der Waals surface area (Å²) in [6, 6.07) is 6.67. The second-order valence-electron chi connectivity index (χ2n) is 6.61. The highest BCUT2D eigenvalue weighted by Gasteiger charge is 2.44. The first-order chi connectivity index (χ1) is 12.0. The van der Waals surface area contributed by atoms with Gasteiger partial charge in [-0.15, -0.1) is 0 Å². The summed E-state index contributed by atoms with van der Waals surface area (Å²) in [4.78, 5) is 40.1. The number of ether oxygens (including phenoxy) is 1. The Balaban J connectivity index is 1.79. The molecule has 2 atom stereocenters. The third kappa shape index (κ3) is 3.58. The Kier molecular flexibility index (Phi) is 5.18. The molecule has 0 spiro atoms. The number of hydrogen-bond acceptors (Lipinski definition) is 4. The zero-order chi connectivity index (χ0) is 18.0. The van der Waals surface area contributed by atoms with Crippen LogP contribution in [0.15, 0.2) is 24.3 Å². The Morgan fingerprint density at radius 3 is 2.56 bits per heavy atom. The van der Waals surface area contributed by atoms with Crippen LogP contribution in [0.25, 0.3) is 0 Å². The van der Waals surface area contributed by atoms with Crippen LogP contribution in [-0.4, -0.2) is 47.9 Å². The molecule has 2 heterocycles. The van der Waals surface area contributed by atoms with E-state index in [0.717, 1.165) is 24.8 Å². The lowest BCUT2D eigenvalue weighted by Gasteiger charge is -2.28. The lowest BCUT2D eigenvalue weighted by molar-refractivity contribution is -0.138. The first-order valence-electron chi connectivity index (χ1n) is 8.85. The molecular weight excluding hydrogens is 320 g/mol. The molecule has 3 amide bonds. The van der Waals surface area contributed by atoms with Gasteiger partial charge in [0.25, 0.3) is 5.91 Å². The van der Waals surface area contributed by atoms with Crippen LogP contribution in [0.1, 0.15) is 38.7 Å². The van der Waals surface area contributed by atoms with Crippen molar-refractivity contribution < 1.29 is 19.1 Å². The van der Waals surface area contributed by atoms with Gasteiger partial charge in [0.15, 0.2) is 0 Å². The second-order valence-corrected chi connectivity index (χ2v) is 6.61. The molecule has 1 aromatic carbocycles. The van der Waals surface area contributed by atoms with E-state index in [1.807, 2.05) is 19.1 Å². The molecule has 6 heteroatoms. The molecule has 0 unspecified atom stereocenters. The Labute approximate surface area is 147 Å². The molecule has 2 aliphatic rings. The van der Waals surface area contributed by atoms with Crippen molar-refractivity contribution in [2.75, 3.05) is 18.1 Å². The van der Waals surface area contributed by atoms with Gasteiger partial charge in [0.2, 0.25) is 11.8 Å². The minimum atomic E-state index is -0.736. The molecule has 0 N–H and O–H groups in total. The van der Waals surface area contributed by atoms with Crippen molar-refractivity contribution in [1.29, 1.82) is 0 Å². The van der Waals surface area contributed by atoms with E-state index in [1.165, 1.54) is 16.7 Å². The van der Waals surface area contributed by atoms with Crippen LogP contribution in [-0.2, 0) is 25.5 Å². The monoisotopic (exact) mass is 344 g/mol. The largest absolute Gasteiger partial charge is 0.376 e. The molecular formula is C19H24N2O4.